The van der Waals surface area contributed by atoms with Crippen molar-refractivity contribution in [1.82, 2.24) is 39.8 Å². The maximum atomic E-state index is 14.8. The van der Waals surface area contributed by atoms with Gasteiger partial charge in [-0.15, -0.1) is 5.10 Å². The summed E-state index contributed by atoms with van der Waals surface area (Å²) in [6.45, 7) is 4.15. The van der Waals surface area contributed by atoms with E-state index in [0.29, 0.717) is 40.8 Å². The lowest BCUT2D eigenvalue weighted by Crippen LogP contribution is -2.44. The van der Waals surface area contributed by atoms with Crippen molar-refractivity contribution in [3.05, 3.63) is 60.7 Å². The highest BCUT2D eigenvalue weighted by Crippen LogP contribution is 2.32. The number of carbonyl (C=O) groups excluding carboxylic acids is 1. The van der Waals surface area contributed by atoms with Crippen LogP contribution in [0.25, 0.3) is 22.6 Å². The maximum Gasteiger partial charge on any atom is 0.219 e. The molecule has 4 aromatic rings. The molecule has 5 rings (SSSR count). The van der Waals surface area contributed by atoms with Gasteiger partial charge in [0.2, 0.25) is 5.91 Å². The Morgan fingerprint density at radius 2 is 1.97 bits per heavy atom. The number of halogens is 1. The Hall–Kier alpha value is -4.28. The molecule has 1 aliphatic rings. The molecule has 1 aliphatic heterocycles. The fraction of sp³-hybridized carbons (Fsp3) is 0.320. The lowest BCUT2D eigenvalue weighted by molar-refractivity contribution is -0.132. The molecule has 11 heteroatoms. The van der Waals surface area contributed by atoms with Crippen LogP contribution in [0.15, 0.2) is 49.1 Å². The van der Waals surface area contributed by atoms with E-state index in [0.717, 1.165) is 12.8 Å². The van der Waals surface area contributed by atoms with Crippen LogP contribution < -0.4 is 5.32 Å². The third-order valence-corrected chi connectivity index (χ3v) is 6.35. The summed E-state index contributed by atoms with van der Waals surface area (Å²) in [5, 5.41) is 11.2. The summed E-state index contributed by atoms with van der Waals surface area (Å²) in [5.41, 5.74) is 2.73. The van der Waals surface area contributed by atoms with Crippen molar-refractivity contribution >= 4 is 17.4 Å². The highest BCUT2D eigenvalue weighted by Gasteiger charge is 2.30. The zero-order valence-corrected chi connectivity index (χ0v) is 20.3. The highest BCUT2D eigenvalue weighted by atomic mass is 19.1. The van der Waals surface area contributed by atoms with Crippen LogP contribution in [0.5, 0.6) is 0 Å². The Kier molecular flexibility index (Phi) is 6.36. The number of anilines is 2. The number of nitrogens with zero attached hydrogens (tertiary/aromatic N) is 8. The van der Waals surface area contributed by atoms with Crippen LogP contribution >= 0.6 is 0 Å². The molecule has 1 saturated heterocycles. The number of piperidine rings is 1. The van der Waals surface area contributed by atoms with Gasteiger partial charge in [0.25, 0.3) is 0 Å². The molecule has 1 N–H and O–H groups in total. The first-order valence-corrected chi connectivity index (χ1v) is 11.7. The largest absolute Gasteiger partial charge is 0.340 e. The number of benzene rings is 1. The lowest BCUT2D eigenvalue weighted by atomic mass is 9.92. The Bertz CT molecular complexity index is 1390. The molecule has 0 aliphatic carbocycles. The van der Waals surface area contributed by atoms with Crippen LogP contribution in [0.1, 0.15) is 38.4 Å². The minimum Gasteiger partial charge on any atom is -0.340 e. The molecule has 2 atom stereocenters. The van der Waals surface area contributed by atoms with Crippen LogP contribution in [0.4, 0.5) is 15.9 Å². The van der Waals surface area contributed by atoms with E-state index in [2.05, 4.69) is 25.6 Å². The fourth-order valence-corrected chi connectivity index (χ4v) is 4.43. The quantitative estimate of drug-likeness (QED) is 0.453. The Morgan fingerprint density at radius 1 is 1.11 bits per heavy atom. The number of rotatable bonds is 5. The first kappa shape index (κ1) is 23.5. The zero-order chi connectivity index (χ0) is 25.2. The smallest absolute Gasteiger partial charge is 0.219 e. The molecular formula is C25H26FN9O. The van der Waals surface area contributed by atoms with Gasteiger partial charge in [0.1, 0.15) is 28.8 Å². The third kappa shape index (κ3) is 4.90. The van der Waals surface area contributed by atoms with E-state index in [9.17, 15) is 9.18 Å². The van der Waals surface area contributed by atoms with Gasteiger partial charge in [-0.3, -0.25) is 19.4 Å². The lowest BCUT2D eigenvalue weighted by Gasteiger charge is -2.37. The summed E-state index contributed by atoms with van der Waals surface area (Å²) in [4.78, 5) is 32.1. The van der Waals surface area contributed by atoms with Gasteiger partial charge in [-0.1, -0.05) is 5.21 Å². The fourth-order valence-electron chi connectivity index (χ4n) is 4.43. The second kappa shape index (κ2) is 9.76. The number of hydrogen-bond acceptors (Lipinski definition) is 8. The normalized spacial score (nSPS) is 17.7. The van der Waals surface area contributed by atoms with Crippen LogP contribution in [0, 0.1) is 5.82 Å². The molecule has 1 aromatic carbocycles. The van der Waals surface area contributed by atoms with Crippen molar-refractivity contribution < 1.29 is 9.18 Å². The van der Waals surface area contributed by atoms with Crippen molar-refractivity contribution in [2.45, 2.75) is 38.6 Å². The number of hydrogen-bond donors (Lipinski definition) is 1. The highest BCUT2D eigenvalue weighted by molar-refractivity contribution is 5.74. The summed E-state index contributed by atoms with van der Waals surface area (Å²) >= 11 is 0. The van der Waals surface area contributed by atoms with E-state index in [4.69, 9.17) is 9.97 Å². The van der Waals surface area contributed by atoms with Gasteiger partial charge in [0.15, 0.2) is 0 Å². The molecule has 0 bridgehead atoms. The average molecular weight is 488 g/mol. The number of aromatic nitrogens is 7. The average Bonchev–Trinajstić information content (AvgIpc) is 3.32. The molecule has 0 unspecified atom stereocenters. The second-order valence-electron chi connectivity index (χ2n) is 8.98. The molecule has 0 saturated carbocycles. The monoisotopic (exact) mass is 487 g/mol. The zero-order valence-electron chi connectivity index (χ0n) is 20.3. The van der Waals surface area contributed by atoms with Crippen molar-refractivity contribution in [2.75, 3.05) is 11.9 Å². The molecule has 4 heterocycles. The first-order chi connectivity index (χ1) is 17.4. The van der Waals surface area contributed by atoms with Gasteiger partial charge >= 0.3 is 0 Å². The van der Waals surface area contributed by atoms with E-state index in [1.165, 1.54) is 6.07 Å². The Labute approximate surface area is 207 Å². The van der Waals surface area contributed by atoms with E-state index in [1.807, 2.05) is 11.8 Å². The van der Waals surface area contributed by atoms with E-state index in [1.54, 1.807) is 61.6 Å². The SMILES string of the molecule is CC(=O)N1C[C@H](c2nc(Nc3cc(-c4cn(C)nn4)ccc3F)cc(-c3cnccn3)n2)CC[C@@H]1C. The van der Waals surface area contributed by atoms with Gasteiger partial charge in [-0.25, -0.2) is 14.4 Å². The number of aryl methyl sites for hydroxylation is 1. The molecule has 36 heavy (non-hydrogen) atoms. The van der Waals surface area contributed by atoms with Crippen LogP contribution in [0.2, 0.25) is 0 Å². The third-order valence-electron chi connectivity index (χ3n) is 6.35. The van der Waals surface area contributed by atoms with E-state index in [-0.39, 0.29) is 23.6 Å². The van der Waals surface area contributed by atoms with Gasteiger partial charge in [0, 0.05) is 56.5 Å². The minimum atomic E-state index is -0.432. The summed E-state index contributed by atoms with van der Waals surface area (Å²) in [6, 6.07) is 6.59. The molecule has 1 fully saturated rings. The maximum absolute atomic E-state index is 14.8. The van der Waals surface area contributed by atoms with Crippen molar-refractivity contribution in [3.63, 3.8) is 0 Å². The molecule has 0 radical (unpaired) electrons. The summed E-state index contributed by atoms with van der Waals surface area (Å²) in [5.74, 6) is 0.530. The molecule has 1 amide bonds. The molecule has 10 nitrogen and oxygen atoms in total. The number of amides is 1. The molecule has 3 aromatic heterocycles. The van der Waals surface area contributed by atoms with Crippen LogP contribution in [-0.2, 0) is 11.8 Å². The van der Waals surface area contributed by atoms with Gasteiger partial charge < -0.3 is 10.2 Å². The predicted molar refractivity (Wildman–Crippen MR) is 132 cm³/mol. The van der Waals surface area contributed by atoms with Gasteiger partial charge in [-0.05, 0) is 38.0 Å². The Morgan fingerprint density at radius 3 is 2.69 bits per heavy atom. The minimum absolute atomic E-state index is 0.0264. The van der Waals surface area contributed by atoms with E-state index < -0.39 is 5.82 Å². The Balaban J connectivity index is 1.52. The van der Waals surface area contributed by atoms with Crippen LogP contribution in [-0.4, -0.2) is 58.3 Å². The summed E-state index contributed by atoms with van der Waals surface area (Å²) in [6.07, 6.45) is 8.25. The molecule has 0 spiro atoms. The number of nitrogens with one attached hydrogen (secondary N) is 1. The summed E-state index contributed by atoms with van der Waals surface area (Å²) in [7, 11) is 1.77. The van der Waals surface area contributed by atoms with Crippen molar-refractivity contribution in [3.8, 4) is 22.6 Å². The van der Waals surface area contributed by atoms with Gasteiger partial charge in [0.05, 0.1) is 23.8 Å². The second-order valence-corrected chi connectivity index (χ2v) is 8.98. The standard InChI is InChI=1S/C25H26FN9O/c1-15-4-5-18(13-35(15)16(2)36)25-30-21(22-12-27-8-9-28-22)11-24(31-25)29-20-10-17(6-7-19(20)26)23-14-34(3)33-32-23/h6-12,14-15,18H,4-5,13H2,1-3H3,(H,29,30,31)/t15-,18+/m0/s1. The van der Waals surface area contributed by atoms with Crippen molar-refractivity contribution in [1.29, 1.82) is 0 Å². The van der Waals surface area contributed by atoms with Gasteiger partial charge in [-0.2, -0.15) is 0 Å². The molecule has 184 valence electrons. The predicted octanol–water partition coefficient (Wildman–Crippen LogP) is 3.73. The van der Waals surface area contributed by atoms with Crippen molar-refractivity contribution in [2.24, 2.45) is 7.05 Å². The molecular weight excluding hydrogens is 461 g/mol. The van der Waals surface area contributed by atoms with E-state index >= 15 is 0 Å². The number of carbonyl (C=O) groups is 1. The topological polar surface area (TPSA) is 115 Å². The first-order valence-electron chi connectivity index (χ1n) is 11.7. The summed E-state index contributed by atoms with van der Waals surface area (Å²) < 4.78 is 16.4. The number of likely N-dealkylation sites (tertiary alicyclic amines) is 1. The van der Waals surface area contributed by atoms with Crippen LogP contribution in [0.3, 0.4) is 0 Å².